The lowest BCUT2D eigenvalue weighted by Gasteiger charge is -2.32. The largest absolute Gasteiger partial charge is 0.490 e. The molecular formula is C26H28F3N3O3. The number of amides is 1. The summed E-state index contributed by atoms with van der Waals surface area (Å²) in [6.45, 7) is 2.44. The Morgan fingerprint density at radius 1 is 1.09 bits per heavy atom. The van der Waals surface area contributed by atoms with E-state index in [1.807, 2.05) is 37.4 Å². The molecule has 4 rings (SSSR count). The summed E-state index contributed by atoms with van der Waals surface area (Å²) >= 11 is 0. The van der Waals surface area contributed by atoms with Gasteiger partial charge in [0.15, 0.2) is 0 Å². The summed E-state index contributed by atoms with van der Waals surface area (Å²) in [6.07, 6.45) is -1.58. The third-order valence-electron chi connectivity index (χ3n) is 5.98. The fourth-order valence-corrected chi connectivity index (χ4v) is 4.24. The molecule has 186 valence electrons. The summed E-state index contributed by atoms with van der Waals surface area (Å²) in [6, 6.07) is 14.7. The lowest BCUT2D eigenvalue weighted by Crippen LogP contribution is -2.42. The molecule has 0 saturated carbocycles. The smallest absolute Gasteiger partial charge is 0.416 e. The first-order valence-corrected chi connectivity index (χ1v) is 11.5. The van der Waals surface area contributed by atoms with Crippen LogP contribution < -0.4 is 4.74 Å². The molecule has 2 heterocycles. The highest BCUT2D eigenvalue weighted by atomic mass is 19.4. The monoisotopic (exact) mass is 487 g/mol. The van der Waals surface area contributed by atoms with Crippen LogP contribution in [0.5, 0.6) is 5.75 Å². The molecule has 1 amide bonds. The van der Waals surface area contributed by atoms with Crippen molar-refractivity contribution in [2.75, 3.05) is 20.1 Å². The first-order chi connectivity index (χ1) is 16.8. The number of halogens is 3. The molecule has 35 heavy (non-hydrogen) atoms. The Morgan fingerprint density at radius 2 is 1.83 bits per heavy atom. The number of piperidine rings is 1. The van der Waals surface area contributed by atoms with Gasteiger partial charge in [0.05, 0.1) is 17.7 Å². The molecule has 9 heteroatoms. The van der Waals surface area contributed by atoms with E-state index in [1.54, 1.807) is 17.2 Å². The van der Waals surface area contributed by atoms with Gasteiger partial charge in [0.1, 0.15) is 18.1 Å². The van der Waals surface area contributed by atoms with E-state index in [0.29, 0.717) is 38.0 Å². The standard InChI is InChI=1S/C26H28F3N3O3/c1-31(18-22-10-13-34-30-22)17-20-5-3-7-24(15-20)35-23-8-11-32(12-9-23)25(33)16-19-4-2-6-21(14-19)26(27,28)29/h2-7,10,13-15,23H,8-9,11-12,16-18H2,1H3. The molecule has 0 N–H and O–H groups in total. The number of ether oxygens (including phenoxy) is 1. The van der Waals surface area contributed by atoms with Crippen LogP contribution in [-0.2, 0) is 30.5 Å². The lowest BCUT2D eigenvalue weighted by molar-refractivity contribution is -0.138. The fourth-order valence-electron chi connectivity index (χ4n) is 4.24. The summed E-state index contributed by atoms with van der Waals surface area (Å²) < 4.78 is 49.8. The van der Waals surface area contributed by atoms with E-state index in [9.17, 15) is 18.0 Å². The molecule has 0 unspecified atom stereocenters. The topological polar surface area (TPSA) is 58.8 Å². The Bertz CT molecular complexity index is 1110. The Kier molecular flexibility index (Phi) is 7.75. The summed E-state index contributed by atoms with van der Waals surface area (Å²) in [4.78, 5) is 16.5. The SMILES string of the molecule is CN(Cc1cccc(OC2CCN(C(=O)Cc3cccc(C(F)(F)F)c3)CC2)c1)Cc1ccon1. The second kappa shape index (κ2) is 10.9. The Balaban J connectivity index is 1.25. The van der Waals surface area contributed by atoms with E-state index in [4.69, 9.17) is 9.26 Å². The average Bonchev–Trinajstić information content (AvgIpc) is 3.32. The van der Waals surface area contributed by atoms with Gasteiger partial charge in [-0.25, -0.2) is 0 Å². The number of benzene rings is 2. The third-order valence-corrected chi connectivity index (χ3v) is 5.98. The van der Waals surface area contributed by atoms with Crippen molar-refractivity contribution >= 4 is 5.91 Å². The molecule has 0 radical (unpaired) electrons. The lowest BCUT2D eigenvalue weighted by atomic mass is 10.0. The number of hydrogen-bond donors (Lipinski definition) is 0. The highest BCUT2D eigenvalue weighted by Gasteiger charge is 2.31. The first-order valence-electron chi connectivity index (χ1n) is 11.5. The highest BCUT2D eigenvalue weighted by Crippen LogP contribution is 2.30. The molecule has 1 aliphatic rings. The van der Waals surface area contributed by atoms with Crippen LogP contribution in [0.15, 0.2) is 65.4 Å². The van der Waals surface area contributed by atoms with Gasteiger partial charge in [0, 0.05) is 45.1 Å². The molecule has 0 spiro atoms. The number of rotatable bonds is 8. The second-order valence-electron chi connectivity index (χ2n) is 8.88. The van der Waals surface area contributed by atoms with E-state index < -0.39 is 11.7 Å². The number of alkyl halides is 3. The maximum absolute atomic E-state index is 12.9. The van der Waals surface area contributed by atoms with Crippen molar-refractivity contribution in [3.63, 3.8) is 0 Å². The minimum Gasteiger partial charge on any atom is -0.490 e. The Morgan fingerprint density at radius 3 is 2.54 bits per heavy atom. The molecule has 1 saturated heterocycles. The van der Waals surface area contributed by atoms with Crippen LogP contribution in [0.1, 0.15) is 35.2 Å². The number of aromatic nitrogens is 1. The Labute approximate surface area is 202 Å². The van der Waals surface area contributed by atoms with Crippen molar-refractivity contribution in [1.82, 2.24) is 15.0 Å². The predicted octanol–water partition coefficient (Wildman–Crippen LogP) is 4.94. The first kappa shape index (κ1) is 24.8. The van der Waals surface area contributed by atoms with E-state index in [0.717, 1.165) is 35.7 Å². The summed E-state index contributed by atoms with van der Waals surface area (Å²) in [5.41, 5.74) is 1.62. The van der Waals surface area contributed by atoms with Crippen molar-refractivity contribution < 1.29 is 27.2 Å². The number of hydrogen-bond acceptors (Lipinski definition) is 5. The molecule has 0 aliphatic carbocycles. The summed E-state index contributed by atoms with van der Waals surface area (Å²) in [5.74, 6) is 0.617. The van der Waals surface area contributed by atoms with Gasteiger partial charge in [-0.05, 0) is 36.4 Å². The van der Waals surface area contributed by atoms with Crippen LogP contribution in [0.25, 0.3) is 0 Å². The van der Waals surface area contributed by atoms with Crippen molar-refractivity contribution in [1.29, 1.82) is 0 Å². The normalized spacial score (nSPS) is 14.9. The minimum atomic E-state index is -4.42. The molecule has 3 aromatic rings. The quantitative estimate of drug-likeness (QED) is 0.451. The molecular weight excluding hydrogens is 459 g/mol. The molecule has 6 nitrogen and oxygen atoms in total. The number of nitrogens with zero attached hydrogens (tertiary/aromatic N) is 3. The van der Waals surface area contributed by atoms with Crippen molar-refractivity contribution in [3.05, 3.63) is 83.2 Å². The van der Waals surface area contributed by atoms with Crippen molar-refractivity contribution in [3.8, 4) is 5.75 Å². The number of carbonyl (C=O) groups is 1. The van der Waals surface area contributed by atoms with Gasteiger partial charge >= 0.3 is 6.18 Å². The number of carbonyl (C=O) groups excluding carboxylic acids is 1. The Hall–Kier alpha value is -3.33. The fraction of sp³-hybridized carbons (Fsp3) is 0.385. The minimum absolute atomic E-state index is 0.0179. The molecule has 2 aromatic carbocycles. The van der Waals surface area contributed by atoms with E-state index in [1.165, 1.54) is 6.07 Å². The third kappa shape index (κ3) is 7.08. The average molecular weight is 488 g/mol. The van der Waals surface area contributed by atoms with Crippen molar-refractivity contribution in [2.45, 2.75) is 44.6 Å². The van der Waals surface area contributed by atoms with Crippen LogP contribution in [0.3, 0.4) is 0 Å². The van der Waals surface area contributed by atoms with Gasteiger partial charge in [0.2, 0.25) is 5.91 Å². The van der Waals surface area contributed by atoms with Crippen LogP contribution >= 0.6 is 0 Å². The predicted molar refractivity (Wildman–Crippen MR) is 123 cm³/mol. The van der Waals surface area contributed by atoms with E-state index in [-0.39, 0.29) is 18.4 Å². The van der Waals surface area contributed by atoms with Crippen LogP contribution in [0.2, 0.25) is 0 Å². The summed E-state index contributed by atoms with van der Waals surface area (Å²) in [5, 5.41) is 3.93. The molecule has 1 aromatic heterocycles. The van der Waals surface area contributed by atoms with Gasteiger partial charge in [-0.2, -0.15) is 13.2 Å². The van der Waals surface area contributed by atoms with E-state index in [2.05, 4.69) is 10.1 Å². The zero-order valence-electron chi connectivity index (χ0n) is 19.5. The maximum Gasteiger partial charge on any atom is 0.416 e. The van der Waals surface area contributed by atoms with Gasteiger partial charge in [-0.3, -0.25) is 9.69 Å². The second-order valence-corrected chi connectivity index (χ2v) is 8.88. The van der Waals surface area contributed by atoms with Gasteiger partial charge in [-0.1, -0.05) is 35.5 Å². The summed E-state index contributed by atoms with van der Waals surface area (Å²) in [7, 11) is 2.01. The number of likely N-dealkylation sites (tertiary alicyclic amines) is 1. The highest BCUT2D eigenvalue weighted by molar-refractivity contribution is 5.79. The van der Waals surface area contributed by atoms with Crippen LogP contribution in [0, 0.1) is 0 Å². The molecule has 0 bridgehead atoms. The van der Waals surface area contributed by atoms with Gasteiger partial charge in [-0.15, -0.1) is 0 Å². The van der Waals surface area contributed by atoms with Gasteiger partial charge < -0.3 is 14.2 Å². The van der Waals surface area contributed by atoms with Crippen LogP contribution in [0.4, 0.5) is 13.2 Å². The molecule has 0 atom stereocenters. The van der Waals surface area contributed by atoms with Gasteiger partial charge in [0.25, 0.3) is 0 Å². The maximum atomic E-state index is 12.9. The van der Waals surface area contributed by atoms with E-state index >= 15 is 0 Å². The zero-order valence-corrected chi connectivity index (χ0v) is 19.5. The van der Waals surface area contributed by atoms with Crippen LogP contribution in [-0.4, -0.2) is 47.1 Å². The van der Waals surface area contributed by atoms with Crippen molar-refractivity contribution in [2.24, 2.45) is 0 Å². The molecule has 1 aliphatic heterocycles. The zero-order chi connectivity index (χ0) is 24.8. The molecule has 1 fully saturated rings.